The number of anilines is 1. The molecule has 6 nitrogen and oxygen atoms in total. The summed E-state index contributed by atoms with van der Waals surface area (Å²) in [5, 5.41) is 7.84. The Labute approximate surface area is 95.8 Å². The van der Waals surface area contributed by atoms with Crippen molar-refractivity contribution in [2.75, 3.05) is 25.2 Å². The molecule has 0 aliphatic heterocycles. The van der Waals surface area contributed by atoms with E-state index in [0.29, 0.717) is 24.6 Å². The average molecular weight is 228 g/mol. The van der Waals surface area contributed by atoms with Gasteiger partial charge in [-0.25, -0.2) is 0 Å². The highest BCUT2D eigenvalue weighted by Crippen LogP contribution is 2.16. The Morgan fingerprint density at radius 2 is 2.25 bits per heavy atom. The molecular weight excluding hydrogens is 208 g/mol. The Bertz CT molecular complexity index is 303. The normalized spacial score (nSPS) is 12.8. The predicted octanol–water partition coefficient (Wildman–Crippen LogP) is 0.780. The monoisotopic (exact) mass is 228 g/mol. The third-order valence-electron chi connectivity index (χ3n) is 2.54. The SMILES string of the molecule is CCC(C)N(CCOC)c1nnc(CN)o1. The van der Waals surface area contributed by atoms with E-state index in [-0.39, 0.29) is 6.54 Å². The first kappa shape index (κ1) is 12.9. The molecule has 0 bridgehead atoms. The summed E-state index contributed by atoms with van der Waals surface area (Å²) in [6.07, 6.45) is 1.00. The van der Waals surface area contributed by atoms with Gasteiger partial charge in [0.2, 0.25) is 5.89 Å². The molecular formula is C10H20N4O2. The molecule has 1 unspecified atom stereocenters. The first-order chi connectivity index (χ1) is 7.72. The van der Waals surface area contributed by atoms with Crippen molar-refractivity contribution in [3.05, 3.63) is 5.89 Å². The number of hydrogen-bond acceptors (Lipinski definition) is 6. The van der Waals surface area contributed by atoms with Crippen LogP contribution in [0.2, 0.25) is 0 Å². The van der Waals surface area contributed by atoms with E-state index in [2.05, 4.69) is 24.0 Å². The first-order valence-electron chi connectivity index (χ1n) is 5.50. The number of hydrogen-bond donors (Lipinski definition) is 1. The molecule has 1 aromatic rings. The topological polar surface area (TPSA) is 77.4 Å². The van der Waals surface area contributed by atoms with Crippen LogP contribution >= 0.6 is 0 Å². The molecule has 0 saturated heterocycles. The summed E-state index contributed by atoms with van der Waals surface area (Å²) in [6.45, 7) is 5.86. The largest absolute Gasteiger partial charge is 0.407 e. The Morgan fingerprint density at radius 3 is 2.75 bits per heavy atom. The molecule has 0 fully saturated rings. The second-order valence-electron chi connectivity index (χ2n) is 3.63. The van der Waals surface area contributed by atoms with E-state index in [9.17, 15) is 0 Å². The summed E-state index contributed by atoms with van der Waals surface area (Å²) in [5.74, 6) is 0.459. The Kier molecular flexibility index (Phi) is 5.21. The Morgan fingerprint density at radius 1 is 1.50 bits per heavy atom. The van der Waals surface area contributed by atoms with Crippen molar-refractivity contribution in [2.45, 2.75) is 32.9 Å². The van der Waals surface area contributed by atoms with Gasteiger partial charge in [0.1, 0.15) is 0 Å². The van der Waals surface area contributed by atoms with E-state index in [1.165, 1.54) is 0 Å². The van der Waals surface area contributed by atoms with Gasteiger partial charge < -0.3 is 19.8 Å². The van der Waals surface area contributed by atoms with E-state index < -0.39 is 0 Å². The molecule has 0 aliphatic carbocycles. The number of methoxy groups -OCH3 is 1. The van der Waals surface area contributed by atoms with Crippen LogP contribution in [-0.4, -0.2) is 36.5 Å². The van der Waals surface area contributed by atoms with Gasteiger partial charge in [0.15, 0.2) is 0 Å². The zero-order valence-electron chi connectivity index (χ0n) is 10.1. The second-order valence-corrected chi connectivity index (χ2v) is 3.63. The molecule has 0 spiro atoms. The van der Waals surface area contributed by atoms with Crippen molar-refractivity contribution in [3.8, 4) is 0 Å². The van der Waals surface area contributed by atoms with Crippen LogP contribution in [0.15, 0.2) is 4.42 Å². The van der Waals surface area contributed by atoms with Gasteiger partial charge in [0, 0.05) is 19.7 Å². The molecule has 0 aromatic carbocycles. The van der Waals surface area contributed by atoms with Gasteiger partial charge in [-0.1, -0.05) is 12.0 Å². The van der Waals surface area contributed by atoms with Crippen molar-refractivity contribution in [2.24, 2.45) is 5.73 Å². The minimum atomic E-state index is 0.269. The van der Waals surface area contributed by atoms with Crippen LogP contribution in [0.4, 0.5) is 6.01 Å². The van der Waals surface area contributed by atoms with E-state index in [0.717, 1.165) is 13.0 Å². The van der Waals surface area contributed by atoms with Crippen molar-refractivity contribution in [1.29, 1.82) is 0 Å². The van der Waals surface area contributed by atoms with Gasteiger partial charge in [0.25, 0.3) is 0 Å². The second kappa shape index (κ2) is 6.44. The Hall–Kier alpha value is -1.14. The van der Waals surface area contributed by atoms with Gasteiger partial charge in [-0.15, -0.1) is 5.10 Å². The third kappa shape index (κ3) is 3.18. The molecule has 0 radical (unpaired) electrons. The van der Waals surface area contributed by atoms with E-state index in [1.54, 1.807) is 7.11 Å². The van der Waals surface area contributed by atoms with Gasteiger partial charge in [-0.05, 0) is 13.3 Å². The quantitative estimate of drug-likeness (QED) is 0.743. The van der Waals surface area contributed by atoms with E-state index in [4.69, 9.17) is 14.9 Å². The van der Waals surface area contributed by atoms with Crippen LogP contribution < -0.4 is 10.6 Å². The summed E-state index contributed by atoms with van der Waals surface area (Å²) in [6, 6.07) is 0.855. The zero-order chi connectivity index (χ0) is 12.0. The third-order valence-corrected chi connectivity index (χ3v) is 2.54. The fourth-order valence-corrected chi connectivity index (χ4v) is 1.36. The lowest BCUT2D eigenvalue weighted by molar-refractivity contribution is 0.201. The molecule has 1 rings (SSSR count). The van der Waals surface area contributed by atoms with Gasteiger partial charge in [0.05, 0.1) is 13.2 Å². The maximum absolute atomic E-state index is 5.44. The van der Waals surface area contributed by atoms with Gasteiger partial charge >= 0.3 is 6.01 Å². The summed E-state index contributed by atoms with van der Waals surface area (Å²) in [4.78, 5) is 2.04. The maximum atomic E-state index is 5.44. The van der Waals surface area contributed by atoms with Gasteiger partial charge in [-0.2, -0.15) is 0 Å². The first-order valence-corrected chi connectivity index (χ1v) is 5.50. The highest BCUT2D eigenvalue weighted by atomic mass is 16.5. The number of nitrogens with zero attached hydrogens (tertiary/aromatic N) is 3. The molecule has 1 aromatic heterocycles. The molecule has 1 atom stereocenters. The van der Waals surface area contributed by atoms with E-state index in [1.807, 2.05) is 4.90 Å². The van der Waals surface area contributed by atoms with Crippen LogP contribution in [0.3, 0.4) is 0 Å². The highest BCUT2D eigenvalue weighted by molar-refractivity contribution is 5.25. The fraction of sp³-hybridized carbons (Fsp3) is 0.800. The smallest absolute Gasteiger partial charge is 0.318 e. The summed E-state index contributed by atoms with van der Waals surface area (Å²) >= 11 is 0. The fourth-order valence-electron chi connectivity index (χ4n) is 1.36. The van der Waals surface area contributed by atoms with Crippen LogP contribution in [0.5, 0.6) is 0 Å². The van der Waals surface area contributed by atoms with Crippen molar-refractivity contribution in [1.82, 2.24) is 10.2 Å². The minimum absolute atomic E-state index is 0.269. The molecule has 16 heavy (non-hydrogen) atoms. The Balaban J connectivity index is 2.74. The van der Waals surface area contributed by atoms with Crippen LogP contribution in [0, 0.1) is 0 Å². The zero-order valence-corrected chi connectivity index (χ0v) is 10.1. The summed E-state index contributed by atoms with van der Waals surface area (Å²) < 4.78 is 10.5. The number of rotatable bonds is 7. The van der Waals surface area contributed by atoms with Gasteiger partial charge in [-0.3, -0.25) is 0 Å². The molecule has 92 valence electrons. The molecule has 0 saturated carbocycles. The lowest BCUT2D eigenvalue weighted by atomic mass is 10.2. The lowest BCUT2D eigenvalue weighted by Crippen LogP contribution is -2.35. The number of nitrogens with two attached hydrogens (primary N) is 1. The van der Waals surface area contributed by atoms with Crippen molar-refractivity contribution >= 4 is 6.01 Å². The molecule has 2 N–H and O–H groups in total. The summed E-state index contributed by atoms with van der Waals surface area (Å²) in [7, 11) is 1.67. The standard InChI is InChI=1S/C10H20N4O2/c1-4-8(2)14(5-6-15-3)10-13-12-9(7-11)16-10/h8H,4-7,11H2,1-3H3. The predicted molar refractivity (Wildman–Crippen MR) is 61.2 cm³/mol. The van der Waals surface area contributed by atoms with Crippen LogP contribution in [0.25, 0.3) is 0 Å². The maximum Gasteiger partial charge on any atom is 0.318 e. The average Bonchev–Trinajstić information content (AvgIpc) is 2.77. The highest BCUT2D eigenvalue weighted by Gasteiger charge is 2.18. The number of ether oxygens (including phenoxy) is 1. The minimum Gasteiger partial charge on any atom is -0.407 e. The van der Waals surface area contributed by atoms with Crippen molar-refractivity contribution < 1.29 is 9.15 Å². The molecule has 0 aliphatic rings. The molecule has 6 heteroatoms. The van der Waals surface area contributed by atoms with Crippen molar-refractivity contribution in [3.63, 3.8) is 0 Å². The lowest BCUT2D eigenvalue weighted by Gasteiger charge is -2.25. The van der Waals surface area contributed by atoms with Crippen LogP contribution in [0.1, 0.15) is 26.2 Å². The number of aromatic nitrogens is 2. The van der Waals surface area contributed by atoms with E-state index >= 15 is 0 Å². The summed E-state index contributed by atoms with van der Waals surface area (Å²) in [5.41, 5.74) is 5.43. The molecule has 1 heterocycles. The molecule has 0 amide bonds. The van der Waals surface area contributed by atoms with Crippen LogP contribution in [-0.2, 0) is 11.3 Å².